The summed E-state index contributed by atoms with van der Waals surface area (Å²) in [6, 6.07) is 7.15. The lowest BCUT2D eigenvalue weighted by Gasteiger charge is -2.32. The van der Waals surface area contributed by atoms with E-state index >= 15 is 0 Å². The molecule has 3 heterocycles. The van der Waals surface area contributed by atoms with Crippen LogP contribution in [0.15, 0.2) is 33.8 Å². The Bertz CT molecular complexity index is 938. The Kier molecular flexibility index (Phi) is 5.26. The maximum absolute atomic E-state index is 12.7. The summed E-state index contributed by atoms with van der Waals surface area (Å²) in [7, 11) is 0. The second-order valence-electron chi connectivity index (χ2n) is 6.96. The van der Waals surface area contributed by atoms with Crippen LogP contribution in [0.3, 0.4) is 0 Å². The van der Waals surface area contributed by atoms with Gasteiger partial charge in [0.05, 0.1) is 31.4 Å². The first kappa shape index (κ1) is 19.1. The van der Waals surface area contributed by atoms with E-state index < -0.39 is 6.03 Å². The number of carbonyl (C=O) groups is 2. The molecule has 3 amide bonds. The van der Waals surface area contributed by atoms with E-state index in [1.54, 1.807) is 11.8 Å². The van der Waals surface area contributed by atoms with Gasteiger partial charge in [-0.05, 0) is 12.5 Å². The van der Waals surface area contributed by atoms with Gasteiger partial charge in [-0.2, -0.15) is 5.10 Å². The van der Waals surface area contributed by atoms with Crippen molar-refractivity contribution < 1.29 is 18.7 Å². The lowest BCUT2D eigenvalue weighted by atomic mass is 10.0. The summed E-state index contributed by atoms with van der Waals surface area (Å²) in [5.74, 6) is 0.642. The fraction of sp³-hybridized carbons (Fsp3) is 0.421. The molecule has 0 spiro atoms. The van der Waals surface area contributed by atoms with E-state index in [1.165, 1.54) is 5.01 Å². The molecule has 0 saturated carbocycles. The van der Waals surface area contributed by atoms with Gasteiger partial charge in [-0.25, -0.2) is 9.80 Å². The molecule has 0 bridgehead atoms. The first-order valence-electron chi connectivity index (χ1n) is 9.38. The van der Waals surface area contributed by atoms with E-state index in [0.717, 1.165) is 11.1 Å². The van der Waals surface area contributed by atoms with Crippen LogP contribution in [0.4, 0.5) is 4.79 Å². The Hall–Kier alpha value is -3.27. The maximum Gasteiger partial charge on any atom is 0.338 e. The molecule has 1 atom stereocenters. The molecule has 10 heteroatoms. The van der Waals surface area contributed by atoms with Crippen molar-refractivity contribution in [2.24, 2.45) is 5.10 Å². The monoisotopic (exact) mass is 398 g/mol. The number of rotatable bonds is 4. The lowest BCUT2D eigenvalue weighted by molar-refractivity contribution is -0.143. The minimum atomic E-state index is -0.395. The Morgan fingerprint density at radius 2 is 2.03 bits per heavy atom. The highest BCUT2D eigenvalue weighted by Crippen LogP contribution is 2.21. The van der Waals surface area contributed by atoms with Gasteiger partial charge in [-0.1, -0.05) is 29.8 Å². The summed E-state index contributed by atoms with van der Waals surface area (Å²) in [5.41, 5.74) is 2.68. The summed E-state index contributed by atoms with van der Waals surface area (Å²) in [6.45, 7) is 5.02. The molecule has 10 nitrogen and oxygen atoms in total. The zero-order chi connectivity index (χ0) is 20.4. The molecule has 2 aliphatic heterocycles. The molecule has 1 aromatic carbocycles. The van der Waals surface area contributed by atoms with Crippen molar-refractivity contribution in [1.29, 1.82) is 0 Å². The SMILES string of the molecule is Cc1ccc(C2=NN(C(=O)NCc3nnc(C)o3)CC2N2CCOCC2=O)cc1. The number of nitrogens with zero attached hydrogens (tertiary/aromatic N) is 5. The van der Waals surface area contributed by atoms with Crippen molar-refractivity contribution >= 4 is 17.6 Å². The van der Waals surface area contributed by atoms with Crippen LogP contribution in [0.2, 0.25) is 0 Å². The fourth-order valence-electron chi connectivity index (χ4n) is 3.35. The van der Waals surface area contributed by atoms with Gasteiger partial charge >= 0.3 is 6.03 Å². The van der Waals surface area contributed by atoms with Crippen LogP contribution in [0.5, 0.6) is 0 Å². The summed E-state index contributed by atoms with van der Waals surface area (Å²) in [6.07, 6.45) is 0. The number of hydrogen-bond acceptors (Lipinski definition) is 7. The van der Waals surface area contributed by atoms with Crippen LogP contribution in [-0.2, 0) is 16.1 Å². The van der Waals surface area contributed by atoms with Crippen LogP contribution < -0.4 is 5.32 Å². The quantitative estimate of drug-likeness (QED) is 0.817. The first-order valence-corrected chi connectivity index (χ1v) is 9.38. The fourth-order valence-corrected chi connectivity index (χ4v) is 3.35. The molecule has 1 N–H and O–H groups in total. The second kappa shape index (κ2) is 8.00. The molecule has 2 aromatic rings. The van der Waals surface area contributed by atoms with E-state index in [9.17, 15) is 9.59 Å². The molecular weight excluding hydrogens is 376 g/mol. The van der Waals surface area contributed by atoms with Crippen molar-refractivity contribution in [2.45, 2.75) is 26.4 Å². The third-order valence-corrected chi connectivity index (χ3v) is 4.83. The van der Waals surface area contributed by atoms with Crippen LogP contribution in [0, 0.1) is 13.8 Å². The van der Waals surface area contributed by atoms with Gasteiger partial charge in [0.15, 0.2) is 0 Å². The van der Waals surface area contributed by atoms with Crippen molar-refractivity contribution in [3.8, 4) is 0 Å². The molecule has 29 heavy (non-hydrogen) atoms. The molecule has 2 aliphatic rings. The maximum atomic E-state index is 12.7. The normalized spacial score (nSPS) is 19.4. The van der Waals surface area contributed by atoms with Gasteiger partial charge < -0.3 is 19.4 Å². The Balaban J connectivity index is 1.54. The smallest absolute Gasteiger partial charge is 0.338 e. The average molecular weight is 398 g/mol. The second-order valence-corrected chi connectivity index (χ2v) is 6.96. The third-order valence-electron chi connectivity index (χ3n) is 4.83. The van der Waals surface area contributed by atoms with Gasteiger partial charge in [0, 0.05) is 13.5 Å². The van der Waals surface area contributed by atoms with Gasteiger partial charge in [0.1, 0.15) is 6.61 Å². The number of carbonyl (C=O) groups excluding carboxylic acids is 2. The van der Waals surface area contributed by atoms with Crippen LogP contribution in [-0.4, -0.2) is 70.1 Å². The van der Waals surface area contributed by atoms with Crippen molar-refractivity contribution in [1.82, 2.24) is 25.4 Å². The average Bonchev–Trinajstić information content (AvgIpc) is 3.34. The predicted octanol–water partition coefficient (Wildman–Crippen LogP) is 0.843. The van der Waals surface area contributed by atoms with E-state index in [-0.39, 0.29) is 31.6 Å². The highest BCUT2D eigenvalue weighted by molar-refractivity contribution is 6.08. The molecule has 1 unspecified atom stereocenters. The number of amides is 3. The minimum Gasteiger partial charge on any atom is -0.424 e. The number of aryl methyl sites for hydroxylation is 2. The number of morpholine rings is 1. The highest BCUT2D eigenvalue weighted by Gasteiger charge is 2.38. The van der Waals surface area contributed by atoms with Crippen molar-refractivity contribution in [2.75, 3.05) is 26.3 Å². The Morgan fingerprint density at radius 1 is 1.24 bits per heavy atom. The zero-order valence-electron chi connectivity index (χ0n) is 16.3. The standard InChI is InChI=1S/C19H22N6O4/c1-12-3-5-14(6-4-12)18-15(24-7-8-28-11-17(24)26)10-25(23-18)19(27)20-9-16-22-21-13(2)29-16/h3-6,15H,7-11H2,1-2H3,(H,20,27). The Labute approximate surface area is 167 Å². The number of benzene rings is 1. The number of ether oxygens (including phenoxy) is 1. The summed E-state index contributed by atoms with van der Waals surface area (Å²) in [4.78, 5) is 26.8. The molecule has 152 valence electrons. The predicted molar refractivity (Wildman–Crippen MR) is 102 cm³/mol. The summed E-state index contributed by atoms with van der Waals surface area (Å²) in [5, 5.41) is 16.2. The largest absolute Gasteiger partial charge is 0.424 e. The lowest BCUT2D eigenvalue weighted by Crippen LogP contribution is -2.52. The van der Waals surface area contributed by atoms with E-state index in [0.29, 0.717) is 30.6 Å². The van der Waals surface area contributed by atoms with Crippen molar-refractivity contribution in [3.05, 3.63) is 47.2 Å². The van der Waals surface area contributed by atoms with Crippen LogP contribution in [0.25, 0.3) is 0 Å². The summed E-state index contributed by atoms with van der Waals surface area (Å²) >= 11 is 0. The topological polar surface area (TPSA) is 113 Å². The number of aromatic nitrogens is 2. The molecule has 1 aromatic heterocycles. The van der Waals surface area contributed by atoms with Crippen LogP contribution >= 0.6 is 0 Å². The molecular formula is C19H22N6O4. The Morgan fingerprint density at radius 3 is 2.72 bits per heavy atom. The molecule has 1 saturated heterocycles. The third kappa shape index (κ3) is 4.11. The van der Waals surface area contributed by atoms with E-state index in [4.69, 9.17) is 9.15 Å². The first-order chi connectivity index (χ1) is 14.0. The van der Waals surface area contributed by atoms with Gasteiger partial charge in [0.2, 0.25) is 17.7 Å². The number of hydrogen-bond donors (Lipinski definition) is 1. The van der Waals surface area contributed by atoms with Crippen LogP contribution in [0.1, 0.15) is 22.9 Å². The minimum absolute atomic E-state index is 0.0421. The van der Waals surface area contributed by atoms with E-state index in [2.05, 4.69) is 20.6 Å². The molecule has 0 radical (unpaired) electrons. The molecule has 1 fully saturated rings. The number of nitrogens with one attached hydrogen (secondary N) is 1. The highest BCUT2D eigenvalue weighted by atomic mass is 16.5. The molecule has 0 aliphatic carbocycles. The van der Waals surface area contributed by atoms with E-state index in [1.807, 2.05) is 31.2 Å². The van der Waals surface area contributed by atoms with Gasteiger partial charge in [-0.15, -0.1) is 10.2 Å². The van der Waals surface area contributed by atoms with Gasteiger partial charge in [-0.3, -0.25) is 4.79 Å². The number of hydrazone groups is 1. The zero-order valence-corrected chi connectivity index (χ0v) is 16.3. The van der Waals surface area contributed by atoms with Crippen molar-refractivity contribution in [3.63, 3.8) is 0 Å². The molecule has 4 rings (SSSR count). The summed E-state index contributed by atoms with van der Waals surface area (Å²) < 4.78 is 10.5. The number of urea groups is 1. The van der Waals surface area contributed by atoms with Gasteiger partial charge in [0.25, 0.3) is 0 Å².